The van der Waals surface area contributed by atoms with E-state index in [9.17, 15) is 42.0 Å². The standard InChI is InChI=1S/C60H70ClF3N12O11S/c1-2-42-38-68-76-52(33-53(71-57(42)76)73-18-6-5-7-45(73)15-20-77)67-37-41-10-12-54(78)72(39-41)19-22-85-24-26-87-28-27-86-25-23-84-21-17-69-88(82,83)47-31-43(62)30-46(32-47)74(59(81)50-11-13-55(79)75(50)51-29-40(36-65)14-16-66-51)56(48-8-3-4-9-49(48)61)58(80)70-44-34-60(63,64)35-44/h3-4,8-10,12,14,16,29-33,38-39,44-45,50,56,67,69,77H,2,5-7,11,13,15,17-28,34-35,37H2,1H3,(H,70,80)/t45-,50-,56?/m0/s1. The minimum Gasteiger partial charge on any atom is -0.396 e. The van der Waals surface area contributed by atoms with E-state index < -0.39 is 81.0 Å². The van der Waals surface area contributed by atoms with Crippen molar-refractivity contribution >= 4 is 68.1 Å². The Balaban J connectivity index is 0.727. The second-order valence-corrected chi connectivity index (χ2v) is 23.6. The van der Waals surface area contributed by atoms with Gasteiger partial charge in [0.2, 0.25) is 21.8 Å². The molecule has 88 heavy (non-hydrogen) atoms. The minimum atomic E-state index is -4.57. The molecule has 0 bridgehead atoms. The highest BCUT2D eigenvalue weighted by atomic mass is 35.5. The highest BCUT2D eigenvalue weighted by molar-refractivity contribution is 7.89. The Hall–Kier alpha value is -7.55. The SMILES string of the molecule is CCc1cnn2c(NCc3ccc(=O)n(CCOCCOCCOCCOCCNS(=O)(=O)c4cc(F)cc(N(C(=O)[C@@H]5CCC(=O)N5c5cc(C#N)ccn5)C(C(=O)NC5CC(F)(F)C5)c5ccccc5Cl)c4)c3)cc(N3CCCC[C@H]3CCO)nc12. The molecule has 2 saturated heterocycles. The molecule has 9 rings (SSSR count). The van der Waals surface area contributed by atoms with E-state index in [-0.39, 0.29) is 112 Å². The van der Waals surface area contributed by atoms with Crippen molar-refractivity contribution in [2.75, 3.05) is 92.6 Å². The molecule has 1 saturated carbocycles. The van der Waals surface area contributed by atoms with E-state index in [1.54, 1.807) is 21.3 Å². The van der Waals surface area contributed by atoms with Crippen molar-refractivity contribution in [2.24, 2.45) is 0 Å². The number of nitrogens with one attached hydrogen (secondary N) is 3. The first-order valence-electron chi connectivity index (χ1n) is 29.2. The van der Waals surface area contributed by atoms with Crippen LogP contribution in [0.5, 0.6) is 0 Å². The molecule has 3 fully saturated rings. The van der Waals surface area contributed by atoms with Crippen LogP contribution in [-0.2, 0) is 62.9 Å². The van der Waals surface area contributed by atoms with E-state index in [0.29, 0.717) is 25.6 Å². The summed E-state index contributed by atoms with van der Waals surface area (Å²) in [5.74, 6) is -5.20. The molecule has 1 unspecified atom stereocenters. The van der Waals surface area contributed by atoms with Gasteiger partial charge in [0.25, 0.3) is 17.4 Å². The number of anilines is 4. The van der Waals surface area contributed by atoms with Gasteiger partial charge in [-0.15, -0.1) is 0 Å². The molecular formula is C60H70ClF3N12O11S. The number of alkyl halides is 2. The van der Waals surface area contributed by atoms with Crippen molar-refractivity contribution < 1.29 is 60.0 Å². The monoisotopic (exact) mass is 1260 g/mol. The molecule has 3 aliphatic rings. The second-order valence-electron chi connectivity index (χ2n) is 21.5. The smallest absolute Gasteiger partial charge is 0.252 e. The van der Waals surface area contributed by atoms with E-state index in [1.807, 2.05) is 18.3 Å². The molecule has 3 amide bonds. The van der Waals surface area contributed by atoms with Crippen molar-refractivity contribution in [3.05, 3.63) is 135 Å². The highest BCUT2D eigenvalue weighted by Crippen LogP contribution is 2.41. The summed E-state index contributed by atoms with van der Waals surface area (Å²) in [6.07, 6.45) is 7.80. The van der Waals surface area contributed by atoms with Gasteiger partial charge < -0.3 is 44.2 Å². The average molecular weight is 1260 g/mol. The summed E-state index contributed by atoms with van der Waals surface area (Å²) in [7, 11) is -4.57. The van der Waals surface area contributed by atoms with Crippen LogP contribution < -0.4 is 35.6 Å². The summed E-state index contributed by atoms with van der Waals surface area (Å²) in [6.45, 7) is 4.87. The molecule has 23 nitrogen and oxygen atoms in total. The summed E-state index contributed by atoms with van der Waals surface area (Å²) in [5.41, 5.74) is 2.17. The number of aryl methyl sites for hydroxylation is 1. The lowest BCUT2D eigenvalue weighted by molar-refractivity contribution is -0.133. The molecule has 6 heterocycles. The van der Waals surface area contributed by atoms with Gasteiger partial charge in [-0.3, -0.25) is 29.0 Å². The summed E-state index contributed by atoms with van der Waals surface area (Å²) in [6, 6.07) is 14.2. The Morgan fingerprint density at radius 1 is 0.932 bits per heavy atom. The fourth-order valence-electron chi connectivity index (χ4n) is 10.9. The van der Waals surface area contributed by atoms with Gasteiger partial charge in [0.15, 0.2) is 5.65 Å². The van der Waals surface area contributed by atoms with Crippen molar-refractivity contribution in [3.63, 3.8) is 0 Å². The van der Waals surface area contributed by atoms with Crippen LogP contribution in [0.3, 0.4) is 0 Å². The zero-order valence-electron chi connectivity index (χ0n) is 48.5. The largest absolute Gasteiger partial charge is 0.396 e. The number of hydrogen-bond donors (Lipinski definition) is 4. The van der Waals surface area contributed by atoms with Crippen LogP contribution in [0.25, 0.3) is 5.65 Å². The number of pyridine rings is 2. The third kappa shape index (κ3) is 16.2. The fraction of sp³-hybridized carbons (Fsp3) is 0.467. The number of rotatable bonds is 31. The van der Waals surface area contributed by atoms with Gasteiger partial charge in [-0.1, -0.05) is 42.8 Å². The number of nitrogens with zero attached hydrogens (tertiary/aromatic N) is 9. The number of ether oxygens (including phenoxy) is 4. The highest BCUT2D eigenvalue weighted by Gasteiger charge is 2.49. The van der Waals surface area contributed by atoms with Gasteiger partial charge in [-0.25, -0.2) is 36.3 Å². The van der Waals surface area contributed by atoms with Crippen LogP contribution in [-0.4, -0.2) is 152 Å². The molecule has 0 radical (unpaired) electrons. The van der Waals surface area contributed by atoms with Crippen LogP contribution in [0.4, 0.5) is 36.3 Å². The quantitative estimate of drug-likeness (QED) is 0.0358. The summed E-state index contributed by atoms with van der Waals surface area (Å²) in [4.78, 5) is 68.5. The minimum absolute atomic E-state index is 0.0234. The van der Waals surface area contributed by atoms with Crippen LogP contribution in [0.15, 0.2) is 101 Å². The van der Waals surface area contributed by atoms with Crippen LogP contribution in [0.2, 0.25) is 5.02 Å². The molecule has 1 aliphatic carbocycles. The van der Waals surface area contributed by atoms with E-state index in [2.05, 4.69) is 37.3 Å². The average Bonchev–Trinajstić information content (AvgIpc) is 4.20. The molecular weight excluding hydrogens is 1190 g/mol. The predicted molar refractivity (Wildman–Crippen MR) is 319 cm³/mol. The van der Waals surface area contributed by atoms with Gasteiger partial charge in [-0.05, 0) is 80.5 Å². The number of benzene rings is 2. The van der Waals surface area contributed by atoms with Crippen molar-refractivity contribution in [1.29, 1.82) is 5.26 Å². The molecule has 3 atom stereocenters. The maximum atomic E-state index is 15.9. The predicted octanol–water partition coefficient (Wildman–Crippen LogP) is 6.09. The van der Waals surface area contributed by atoms with E-state index in [0.717, 1.165) is 82.6 Å². The van der Waals surface area contributed by atoms with Gasteiger partial charge in [-0.2, -0.15) is 14.9 Å². The van der Waals surface area contributed by atoms with Gasteiger partial charge >= 0.3 is 0 Å². The summed E-state index contributed by atoms with van der Waals surface area (Å²) < 4.78 is 99.9. The normalized spacial score (nSPS) is 17.2. The second kappa shape index (κ2) is 30.1. The van der Waals surface area contributed by atoms with E-state index in [1.165, 1.54) is 48.7 Å². The number of fused-ring (bicyclic) bond motifs is 1. The summed E-state index contributed by atoms with van der Waals surface area (Å²) in [5, 5.41) is 30.0. The molecule has 2 aliphatic heterocycles. The number of aromatic nitrogens is 5. The molecule has 2 aromatic carbocycles. The van der Waals surface area contributed by atoms with Crippen molar-refractivity contribution in [2.45, 2.75) is 113 Å². The third-order valence-electron chi connectivity index (χ3n) is 15.4. The van der Waals surface area contributed by atoms with Crippen molar-refractivity contribution in [1.82, 2.24) is 34.2 Å². The number of hydrogen-bond acceptors (Lipinski definition) is 17. The maximum Gasteiger partial charge on any atom is 0.252 e. The molecule has 0 spiro atoms. The third-order valence-corrected chi connectivity index (χ3v) is 17.2. The number of halogens is 4. The Kier molecular flexibility index (Phi) is 22.2. The Bertz CT molecular complexity index is 3640. The topological polar surface area (TPSA) is 277 Å². The Labute approximate surface area is 511 Å². The van der Waals surface area contributed by atoms with Crippen LogP contribution >= 0.6 is 11.6 Å². The first kappa shape index (κ1) is 64.9. The van der Waals surface area contributed by atoms with Gasteiger partial charge in [0.1, 0.15) is 35.4 Å². The van der Waals surface area contributed by atoms with Gasteiger partial charge in [0, 0.05) is 110 Å². The zero-order chi connectivity index (χ0) is 62.4. The lowest BCUT2D eigenvalue weighted by Crippen LogP contribution is -2.56. The number of amides is 3. The maximum absolute atomic E-state index is 15.9. The first-order chi connectivity index (χ1) is 42.5. The van der Waals surface area contributed by atoms with Gasteiger partial charge in [0.05, 0.1) is 75.6 Å². The lowest BCUT2D eigenvalue weighted by Gasteiger charge is -2.39. The number of carbonyl (C=O) groups excluding carboxylic acids is 3. The molecule has 6 aromatic rings. The Morgan fingerprint density at radius 2 is 1.67 bits per heavy atom. The molecule has 28 heteroatoms. The van der Waals surface area contributed by atoms with E-state index in [4.69, 9.17) is 35.5 Å². The summed E-state index contributed by atoms with van der Waals surface area (Å²) >= 11 is 6.66. The number of carbonyl (C=O) groups is 3. The lowest BCUT2D eigenvalue weighted by atomic mass is 9.87. The molecule has 470 valence electrons. The zero-order valence-corrected chi connectivity index (χ0v) is 50.1. The van der Waals surface area contributed by atoms with Crippen LogP contribution in [0.1, 0.15) is 86.6 Å². The van der Waals surface area contributed by atoms with Crippen LogP contribution in [0, 0.1) is 17.1 Å². The first-order valence-corrected chi connectivity index (χ1v) is 31.1. The molecule has 4 N–H and O–H groups in total. The number of nitriles is 1. The Morgan fingerprint density at radius 3 is 2.39 bits per heavy atom. The number of sulfonamides is 1. The molecule has 4 aromatic heterocycles. The number of aliphatic hydroxyl groups excluding tert-OH is 1. The van der Waals surface area contributed by atoms with Crippen molar-refractivity contribution in [3.8, 4) is 6.07 Å². The number of piperidine rings is 1. The number of aliphatic hydroxyl groups is 1. The fourth-order valence-corrected chi connectivity index (χ4v) is 12.2. The van der Waals surface area contributed by atoms with E-state index >= 15 is 9.18 Å².